The fraction of sp³-hybridized carbons (Fsp3) is 0.286. The van der Waals surface area contributed by atoms with Crippen molar-refractivity contribution >= 4 is 21.8 Å². The number of nitrogens with zero attached hydrogens (tertiary/aromatic N) is 3. The molecular formula is C21H20BrN3O3. The zero-order chi connectivity index (χ0) is 19.5. The van der Waals surface area contributed by atoms with E-state index in [4.69, 9.17) is 9.26 Å². The highest BCUT2D eigenvalue weighted by Crippen LogP contribution is 2.32. The number of carbonyl (C=O) groups excluding carboxylic acids is 1. The van der Waals surface area contributed by atoms with Gasteiger partial charge in [0, 0.05) is 23.5 Å². The van der Waals surface area contributed by atoms with Gasteiger partial charge in [-0.25, -0.2) is 0 Å². The summed E-state index contributed by atoms with van der Waals surface area (Å²) in [5, 5.41) is 4.19. The second kappa shape index (κ2) is 8.14. The summed E-state index contributed by atoms with van der Waals surface area (Å²) in [6.07, 6.45) is 1.82. The highest BCUT2D eigenvalue weighted by atomic mass is 79.9. The molecule has 1 aliphatic rings. The zero-order valence-electron chi connectivity index (χ0n) is 15.5. The predicted molar refractivity (Wildman–Crippen MR) is 108 cm³/mol. The first-order chi connectivity index (χ1) is 13.7. The van der Waals surface area contributed by atoms with Gasteiger partial charge in [0.05, 0.1) is 18.2 Å². The van der Waals surface area contributed by atoms with Crippen LogP contribution >= 0.6 is 15.9 Å². The molecule has 0 aliphatic carbocycles. The van der Waals surface area contributed by atoms with E-state index < -0.39 is 0 Å². The van der Waals surface area contributed by atoms with Gasteiger partial charge < -0.3 is 14.2 Å². The number of aromatic nitrogens is 2. The Labute approximate surface area is 171 Å². The molecule has 0 spiro atoms. The Morgan fingerprint density at radius 2 is 2.00 bits per heavy atom. The van der Waals surface area contributed by atoms with Crippen molar-refractivity contribution in [1.29, 1.82) is 0 Å². The lowest BCUT2D eigenvalue weighted by atomic mass is 9.96. The number of hydrogen-bond acceptors (Lipinski definition) is 5. The van der Waals surface area contributed by atoms with Crippen molar-refractivity contribution in [3.8, 4) is 17.2 Å². The van der Waals surface area contributed by atoms with Gasteiger partial charge >= 0.3 is 0 Å². The van der Waals surface area contributed by atoms with Crippen LogP contribution in [0.4, 0.5) is 0 Å². The first kappa shape index (κ1) is 18.7. The lowest BCUT2D eigenvalue weighted by molar-refractivity contribution is 0.0702. The Morgan fingerprint density at radius 3 is 2.82 bits per heavy atom. The molecule has 1 aromatic heterocycles. The van der Waals surface area contributed by atoms with Crippen LogP contribution in [0.1, 0.15) is 34.9 Å². The molecule has 144 valence electrons. The second-order valence-corrected chi connectivity index (χ2v) is 7.58. The average Bonchev–Trinajstić information content (AvgIpc) is 3.24. The van der Waals surface area contributed by atoms with E-state index >= 15 is 0 Å². The Hall–Kier alpha value is -2.67. The van der Waals surface area contributed by atoms with Gasteiger partial charge in [0.25, 0.3) is 11.8 Å². The number of amides is 1. The van der Waals surface area contributed by atoms with E-state index in [1.165, 1.54) is 0 Å². The summed E-state index contributed by atoms with van der Waals surface area (Å²) < 4.78 is 11.7. The lowest BCUT2D eigenvalue weighted by Gasteiger charge is -2.31. The largest absolute Gasteiger partial charge is 0.496 e. The molecule has 4 rings (SSSR count). The molecule has 1 fully saturated rings. The van der Waals surface area contributed by atoms with Crippen LogP contribution in [0.25, 0.3) is 11.5 Å². The smallest absolute Gasteiger partial charge is 0.261 e. The quantitative estimate of drug-likeness (QED) is 0.594. The minimum absolute atomic E-state index is 0.0191. The number of rotatable bonds is 4. The number of likely N-dealkylation sites (tertiary alicyclic amines) is 1. The van der Waals surface area contributed by atoms with Crippen molar-refractivity contribution in [2.24, 2.45) is 0 Å². The van der Waals surface area contributed by atoms with Crippen molar-refractivity contribution in [2.75, 3.05) is 20.2 Å². The maximum Gasteiger partial charge on any atom is 0.261 e. The number of hydrogen-bond donors (Lipinski definition) is 0. The first-order valence-electron chi connectivity index (χ1n) is 9.18. The van der Waals surface area contributed by atoms with E-state index in [1.54, 1.807) is 7.11 Å². The van der Waals surface area contributed by atoms with Gasteiger partial charge in [0.2, 0.25) is 0 Å². The molecule has 0 unspecified atom stereocenters. The van der Waals surface area contributed by atoms with Crippen LogP contribution in [0.3, 0.4) is 0 Å². The number of benzene rings is 2. The third-order valence-corrected chi connectivity index (χ3v) is 5.65. The van der Waals surface area contributed by atoms with Gasteiger partial charge in [-0.15, -0.1) is 0 Å². The van der Waals surface area contributed by atoms with E-state index in [1.807, 2.05) is 53.4 Å². The third-order valence-electron chi connectivity index (χ3n) is 4.96. The lowest BCUT2D eigenvalue weighted by Crippen LogP contribution is -2.39. The predicted octanol–water partition coefficient (Wildman–Crippen LogP) is 4.53. The van der Waals surface area contributed by atoms with Crippen LogP contribution in [-0.2, 0) is 0 Å². The van der Waals surface area contributed by atoms with Crippen molar-refractivity contribution in [3.63, 3.8) is 0 Å². The van der Waals surface area contributed by atoms with E-state index in [-0.39, 0.29) is 11.8 Å². The molecule has 6 nitrogen and oxygen atoms in total. The SMILES string of the molecule is COc1ccccc1-c1nc([C@@H]2CCCN(C(=O)c3ccccc3Br)C2)no1. The number of para-hydroxylation sites is 1. The monoisotopic (exact) mass is 441 g/mol. The molecule has 7 heteroatoms. The molecule has 1 saturated heterocycles. The average molecular weight is 442 g/mol. The van der Waals surface area contributed by atoms with Crippen LogP contribution in [0, 0.1) is 0 Å². The molecule has 1 atom stereocenters. The minimum atomic E-state index is 0.0191. The van der Waals surface area contributed by atoms with Crippen molar-refractivity contribution in [2.45, 2.75) is 18.8 Å². The molecule has 3 aromatic rings. The number of ether oxygens (including phenoxy) is 1. The Kier molecular flexibility index (Phi) is 5.43. The zero-order valence-corrected chi connectivity index (χ0v) is 17.1. The van der Waals surface area contributed by atoms with E-state index in [2.05, 4.69) is 26.1 Å². The molecule has 0 radical (unpaired) electrons. The van der Waals surface area contributed by atoms with Gasteiger partial charge in [-0.1, -0.05) is 29.4 Å². The second-order valence-electron chi connectivity index (χ2n) is 6.73. The summed E-state index contributed by atoms with van der Waals surface area (Å²) in [6, 6.07) is 15.0. The molecule has 1 aliphatic heterocycles. The molecule has 0 bridgehead atoms. The molecular weight excluding hydrogens is 422 g/mol. The van der Waals surface area contributed by atoms with E-state index in [0.29, 0.717) is 29.6 Å². The van der Waals surface area contributed by atoms with Crippen LogP contribution in [0.15, 0.2) is 57.5 Å². The standard InChI is InChI=1S/C21H20BrN3O3/c1-27-18-11-5-3-9-16(18)20-23-19(24-28-20)14-7-6-12-25(13-14)21(26)15-8-2-4-10-17(15)22/h2-5,8-11,14H,6-7,12-13H2,1H3/t14-/m1/s1. The first-order valence-corrected chi connectivity index (χ1v) is 9.97. The Bertz CT molecular complexity index is 988. The van der Waals surface area contributed by atoms with E-state index in [9.17, 15) is 4.79 Å². The van der Waals surface area contributed by atoms with Gasteiger partial charge in [0.1, 0.15) is 5.75 Å². The van der Waals surface area contributed by atoms with Gasteiger partial charge in [0.15, 0.2) is 5.82 Å². The number of carbonyl (C=O) groups is 1. The van der Waals surface area contributed by atoms with Gasteiger partial charge in [-0.2, -0.15) is 4.98 Å². The van der Waals surface area contributed by atoms with Crippen molar-refractivity contribution in [3.05, 3.63) is 64.4 Å². The van der Waals surface area contributed by atoms with Crippen LogP contribution in [-0.4, -0.2) is 41.1 Å². The molecule has 2 aromatic carbocycles. The highest BCUT2D eigenvalue weighted by Gasteiger charge is 2.29. The summed E-state index contributed by atoms with van der Waals surface area (Å²) in [7, 11) is 1.61. The minimum Gasteiger partial charge on any atom is -0.496 e. The number of halogens is 1. The van der Waals surface area contributed by atoms with Gasteiger partial charge in [-0.3, -0.25) is 4.79 Å². The maximum atomic E-state index is 12.9. The normalized spacial score (nSPS) is 16.8. The van der Waals surface area contributed by atoms with E-state index in [0.717, 1.165) is 29.4 Å². The fourth-order valence-electron chi connectivity index (χ4n) is 3.51. The fourth-order valence-corrected chi connectivity index (χ4v) is 3.96. The molecule has 0 saturated carbocycles. The highest BCUT2D eigenvalue weighted by molar-refractivity contribution is 9.10. The Balaban J connectivity index is 1.54. The summed E-state index contributed by atoms with van der Waals surface area (Å²) in [6.45, 7) is 1.30. The summed E-state index contributed by atoms with van der Waals surface area (Å²) in [4.78, 5) is 19.4. The third kappa shape index (κ3) is 3.67. The summed E-state index contributed by atoms with van der Waals surface area (Å²) in [5.41, 5.74) is 1.44. The number of methoxy groups -OCH3 is 1. The molecule has 1 amide bonds. The van der Waals surface area contributed by atoms with Crippen LogP contribution in [0.5, 0.6) is 5.75 Å². The molecule has 0 N–H and O–H groups in total. The summed E-state index contributed by atoms with van der Waals surface area (Å²) >= 11 is 3.47. The van der Waals surface area contributed by atoms with Crippen molar-refractivity contribution < 1.29 is 14.1 Å². The van der Waals surface area contributed by atoms with Crippen molar-refractivity contribution in [1.82, 2.24) is 15.0 Å². The molecule has 28 heavy (non-hydrogen) atoms. The molecule has 2 heterocycles. The van der Waals surface area contributed by atoms with Gasteiger partial charge in [-0.05, 0) is 53.0 Å². The number of piperidine rings is 1. The van der Waals surface area contributed by atoms with Crippen LogP contribution in [0.2, 0.25) is 0 Å². The topological polar surface area (TPSA) is 68.5 Å². The maximum absolute atomic E-state index is 12.9. The summed E-state index contributed by atoms with van der Waals surface area (Å²) in [5.74, 6) is 1.82. The Morgan fingerprint density at radius 1 is 1.21 bits per heavy atom. The van der Waals surface area contributed by atoms with Crippen LogP contribution < -0.4 is 4.74 Å².